The monoisotopic (exact) mass is 502 g/mol. The van der Waals surface area contributed by atoms with E-state index in [-0.39, 0.29) is 11.6 Å². The molecular formula is C25H23ClN8O2. The highest BCUT2D eigenvalue weighted by atomic mass is 35.5. The zero-order valence-corrected chi connectivity index (χ0v) is 20.5. The summed E-state index contributed by atoms with van der Waals surface area (Å²) in [7, 11) is 1.52. The number of hydrogen-bond acceptors (Lipinski definition) is 7. The molecule has 0 saturated carbocycles. The topological polar surface area (TPSA) is 106 Å². The lowest BCUT2D eigenvalue weighted by Crippen LogP contribution is -2.33. The van der Waals surface area contributed by atoms with Crippen molar-refractivity contribution in [1.82, 2.24) is 29.1 Å². The maximum atomic E-state index is 13.8. The Hall–Kier alpha value is -4.18. The minimum atomic E-state index is -0.216. The van der Waals surface area contributed by atoms with Gasteiger partial charge in [0.25, 0.3) is 5.56 Å². The molecule has 5 aromatic rings. The number of benzene rings is 1. The second-order valence-electron chi connectivity index (χ2n) is 8.63. The lowest BCUT2D eigenvalue weighted by molar-refractivity contribution is 0.213. The van der Waals surface area contributed by atoms with Crippen LogP contribution in [0.4, 0.5) is 5.82 Å². The van der Waals surface area contributed by atoms with Crippen LogP contribution in [-0.2, 0) is 4.84 Å². The van der Waals surface area contributed by atoms with E-state index in [1.807, 2.05) is 43.5 Å². The molecule has 0 bridgehead atoms. The molecule has 10 nitrogen and oxygen atoms in total. The molecule has 0 radical (unpaired) electrons. The number of hydrogen-bond donors (Lipinski definition) is 1. The number of nitrogens with zero attached hydrogens (tertiary/aromatic N) is 7. The molecule has 0 aliphatic carbocycles. The summed E-state index contributed by atoms with van der Waals surface area (Å²) in [6.45, 7) is 2.62. The first-order valence-electron chi connectivity index (χ1n) is 11.6. The summed E-state index contributed by atoms with van der Waals surface area (Å²) in [6.07, 6.45) is 6.84. The Labute approximate surface area is 210 Å². The molecule has 36 heavy (non-hydrogen) atoms. The fourth-order valence-electron chi connectivity index (χ4n) is 5.01. The molecule has 4 aromatic heterocycles. The summed E-state index contributed by atoms with van der Waals surface area (Å²) in [4.78, 5) is 33.3. The molecule has 1 saturated heterocycles. The van der Waals surface area contributed by atoms with Gasteiger partial charge in [0, 0.05) is 24.5 Å². The number of fused-ring (bicyclic) bond motifs is 2. The van der Waals surface area contributed by atoms with E-state index in [1.54, 1.807) is 27.7 Å². The lowest BCUT2D eigenvalue weighted by Gasteiger charge is -2.28. The fourth-order valence-corrected chi connectivity index (χ4v) is 5.24. The molecule has 1 N–H and O–H groups in total. The molecule has 6 rings (SSSR count). The molecule has 1 atom stereocenters. The van der Waals surface area contributed by atoms with Crippen molar-refractivity contribution >= 4 is 39.7 Å². The van der Waals surface area contributed by atoms with E-state index >= 15 is 0 Å². The highest BCUT2D eigenvalue weighted by molar-refractivity contribution is 6.33. The van der Waals surface area contributed by atoms with Gasteiger partial charge in [0.1, 0.15) is 30.4 Å². The Morgan fingerprint density at radius 2 is 2.06 bits per heavy atom. The summed E-state index contributed by atoms with van der Waals surface area (Å²) in [5.74, 6) is 1.37. The number of para-hydroxylation sites is 1. The van der Waals surface area contributed by atoms with Crippen molar-refractivity contribution in [3.05, 3.63) is 81.9 Å². The number of oxime groups is 1. The van der Waals surface area contributed by atoms with Crippen molar-refractivity contribution in [2.75, 3.05) is 18.6 Å². The number of anilines is 1. The van der Waals surface area contributed by atoms with Gasteiger partial charge >= 0.3 is 0 Å². The van der Waals surface area contributed by atoms with Crippen molar-refractivity contribution in [3.63, 3.8) is 0 Å². The molecule has 0 unspecified atom stereocenters. The fraction of sp³-hybridized carbons (Fsp3) is 0.240. The van der Waals surface area contributed by atoms with Crippen LogP contribution in [0.1, 0.15) is 37.2 Å². The number of aromatic nitrogens is 6. The van der Waals surface area contributed by atoms with Crippen LogP contribution >= 0.6 is 11.6 Å². The first kappa shape index (κ1) is 22.3. The van der Waals surface area contributed by atoms with Crippen LogP contribution in [0.15, 0.2) is 65.1 Å². The van der Waals surface area contributed by atoms with Crippen LogP contribution in [0.5, 0.6) is 0 Å². The van der Waals surface area contributed by atoms with E-state index in [1.165, 1.54) is 7.11 Å². The number of aromatic amines is 1. The molecule has 1 aliphatic rings. The number of halogens is 1. The molecule has 1 aromatic carbocycles. The third-order valence-corrected chi connectivity index (χ3v) is 6.87. The van der Waals surface area contributed by atoms with Gasteiger partial charge in [0.05, 0.1) is 27.8 Å². The third kappa shape index (κ3) is 3.44. The van der Waals surface area contributed by atoms with Gasteiger partial charge < -0.3 is 14.7 Å². The van der Waals surface area contributed by atoms with Gasteiger partial charge in [-0.1, -0.05) is 35.0 Å². The van der Waals surface area contributed by atoms with Crippen molar-refractivity contribution in [2.45, 2.75) is 25.8 Å². The van der Waals surface area contributed by atoms with Gasteiger partial charge in [0.2, 0.25) is 0 Å². The minimum Gasteiger partial charge on any atom is -0.399 e. The van der Waals surface area contributed by atoms with Crippen LogP contribution in [0.3, 0.4) is 0 Å². The van der Waals surface area contributed by atoms with Crippen molar-refractivity contribution in [3.8, 4) is 5.69 Å². The molecule has 0 spiro atoms. The predicted octanol–water partition coefficient (Wildman–Crippen LogP) is 4.12. The predicted molar refractivity (Wildman–Crippen MR) is 138 cm³/mol. The van der Waals surface area contributed by atoms with Crippen molar-refractivity contribution in [1.29, 1.82) is 0 Å². The van der Waals surface area contributed by atoms with E-state index in [4.69, 9.17) is 21.5 Å². The standard InChI is InChI=1S/C25H23ClN8O2/c1-15(31-36-2)17-13-27-22-20(17)24(29-14-28-22)32-11-6-9-19(32)23-30-33-12-10-18(26)21(33)25(35)34(23)16-7-4-3-5-8-16/h3-5,7-8,10,12-14,19H,6,9,11H2,1-2H3,(H,27,28,29)/b31-15+/t19-/m0/s1. The number of nitrogens with one attached hydrogen (secondary N) is 1. The van der Waals surface area contributed by atoms with Crippen molar-refractivity contribution < 1.29 is 4.84 Å². The Balaban J connectivity index is 1.58. The number of H-pyrrole nitrogens is 1. The summed E-state index contributed by atoms with van der Waals surface area (Å²) in [6, 6.07) is 11.0. The highest BCUT2D eigenvalue weighted by Gasteiger charge is 2.34. The van der Waals surface area contributed by atoms with Gasteiger partial charge in [-0.15, -0.1) is 0 Å². The Morgan fingerprint density at radius 1 is 1.22 bits per heavy atom. The average molecular weight is 503 g/mol. The molecule has 5 heterocycles. The number of rotatable bonds is 5. The summed E-state index contributed by atoms with van der Waals surface area (Å²) in [5.41, 5.74) is 3.12. The summed E-state index contributed by atoms with van der Waals surface area (Å²) < 4.78 is 3.24. The van der Waals surface area contributed by atoms with Gasteiger partial charge in [-0.3, -0.25) is 9.36 Å². The first-order valence-corrected chi connectivity index (χ1v) is 12.0. The Bertz CT molecular complexity index is 1670. The van der Waals surface area contributed by atoms with Gasteiger partial charge in [0.15, 0.2) is 5.82 Å². The first-order chi connectivity index (χ1) is 17.6. The molecule has 182 valence electrons. The second kappa shape index (κ2) is 8.80. The van der Waals surface area contributed by atoms with Crippen LogP contribution in [0, 0.1) is 0 Å². The zero-order valence-electron chi connectivity index (χ0n) is 19.7. The molecule has 1 aliphatic heterocycles. The van der Waals surface area contributed by atoms with Crippen LogP contribution in [0.2, 0.25) is 5.02 Å². The molecule has 1 fully saturated rings. The SMILES string of the molecule is CO/N=C(\C)c1c[nH]c2ncnc(N3CCC[C@H]3c3nn4ccc(Cl)c4c(=O)n3-c3ccccc3)c12. The maximum absolute atomic E-state index is 13.8. The van der Waals surface area contributed by atoms with E-state index in [0.717, 1.165) is 41.8 Å². The van der Waals surface area contributed by atoms with Gasteiger partial charge in [-0.2, -0.15) is 5.10 Å². The quantitative estimate of drug-likeness (QED) is 0.286. The molecule has 11 heteroatoms. The normalized spacial score (nSPS) is 16.4. The molecule has 0 amide bonds. The van der Waals surface area contributed by atoms with E-state index in [0.29, 0.717) is 27.7 Å². The lowest BCUT2D eigenvalue weighted by atomic mass is 10.1. The minimum absolute atomic E-state index is 0.205. The Kier molecular flexibility index (Phi) is 5.45. The Morgan fingerprint density at radius 3 is 2.86 bits per heavy atom. The third-order valence-electron chi connectivity index (χ3n) is 6.57. The molecular weight excluding hydrogens is 480 g/mol. The van der Waals surface area contributed by atoms with Crippen LogP contribution in [0.25, 0.3) is 22.2 Å². The largest absolute Gasteiger partial charge is 0.399 e. The van der Waals surface area contributed by atoms with Gasteiger partial charge in [-0.05, 0) is 38.0 Å². The summed E-state index contributed by atoms with van der Waals surface area (Å²) >= 11 is 6.37. The van der Waals surface area contributed by atoms with E-state index < -0.39 is 0 Å². The van der Waals surface area contributed by atoms with E-state index in [2.05, 4.69) is 25.0 Å². The van der Waals surface area contributed by atoms with Gasteiger partial charge in [-0.25, -0.2) is 14.5 Å². The average Bonchev–Trinajstić information content (AvgIpc) is 3.63. The highest BCUT2D eigenvalue weighted by Crippen LogP contribution is 2.38. The smallest absolute Gasteiger partial charge is 0.284 e. The van der Waals surface area contributed by atoms with Crippen LogP contribution in [-0.4, -0.2) is 48.5 Å². The maximum Gasteiger partial charge on any atom is 0.284 e. The van der Waals surface area contributed by atoms with Crippen LogP contribution < -0.4 is 10.5 Å². The summed E-state index contributed by atoms with van der Waals surface area (Å²) in [5, 5.41) is 10.2. The van der Waals surface area contributed by atoms with E-state index in [9.17, 15) is 4.79 Å². The van der Waals surface area contributed by atoms with Crippen molar-refractivity contribution in [2.24, 2.45) is 5.16 Å². The zero-order chi connectivity index (χ0) is 24.8. The second-order valence-corrected chi connectivity index (χ2v) is 9.03.